The van der Waals surface area contributed by atoms with E-state index in [-0.39, 0.29) is 42.5 Å². The molecule has 0 spiro atoms. The Morgan fingerprint density at radius 3 is 2.62 bits per heavy atom. The molecule has 1 aliphatic carbocycles. The summed E-state index contributed by atoms with van der Waals surface area (Å²) in [7, 11) is 0. The van der Waals surface area contributed by atoms with E-state index >= 15 is 0 Å². The van der Waals surface area contributed by atoms with Gasteiger partial charge in [-0.1, -0.05) is 49.9 Å². The summed E-state index contributed by atoms with van der Waals surface area (Å²) in [5.41, 5.74) is 1.22. The summed E-state index contributed by atoms with van der Waals surface area (Å²) < 4.78 is 14.0. The van der Waals surface area contributed by atoms with E-state index in [2.05, 4.69) is 18.5 Å². The molecule has 1 saturated carbocycles. The van der Waals surface area contributed by atoms with Crippen LogP contribution in [0.25, 0.3) is 0 Å². The Morgan fingerprint density at radius 1 is 1.31 bits per heavy atom. The number of carbonyl (C=O) groups is 2. The van der Waals surface area contributed by atoms with Gasteiger partial charge >= 0.3 is 0 Å². The van der Waals surface area contributed by atoms with Crippen molar-refractivity contribution in [3.63, 3.8) is 0 Å². The first-order valence-electron chi connectivity index (χ1n) is 9.61. The van der Waals surface area contributed by atoms with Crippen molar-refractivity contribution in [2.75, 3.05) is 13.1 Å². The standard InChI is InChI=1S/C22H27ClFN3O2/c1-4-8-17(5-2)26(6-3)15-21(29)27(18-11-12-18)14-20(28)25-13-16-9-7-10-19(23)22(16)24/h4,6-10,18H,1,3,5,11-15H2,2H3,(H,25,28)/b17-8+. The zero-order valence-corrected chi connectivity index (χ0v) is 17.4. The van der Waals surface area contributed by atoms with Gasteiger partial charge in [-0.05, 0) is 37.6 Å². The van der Waals surface area contributed by atoms with E-state index in [9.17, 15) is 14.0 Å². The number of rotatable bonds is 11. The van der Waals surface area contributed by atoms with Crippen molar-refractivity contribution in [3.05, 3.63) is 71.8 Å². The lowest BCUT2D eigenvalue weighted by Crippen LogP contribution is -2.45. The van der Waals surface area contributed by atoms with Gasteiger partial charge in [0.05, 0.1) is 11.6 Å². The second-order valence-corrected chi connectivity index (χ2v) is 7.21. The molecule has 1 N–H and O–H groups in total. The number of carbonyl (C=O) groups excluding carboxylic acids is 2. The molecule has 2 amide bonds. The zero-order chi connectivity index (χ0) is 21.4. The Kier molecular flexibility index (Phi) is 8.46. The quantitative estimate of drug-likeness (QED) is 0.551. The Morgan fingerprint density at radius 2 is 2.03 bits per heavy atom. The van der Waals surface area contributed by atoms with Gasteiger partial charge in [0.1, 0.15) is 12.4 Å². The van der Waals surface area contributed by atoms with Crippen LogP contribution >= 0.6 is 11.6 Å². The predicted octanol–water partition coefficient (Wildman–Crippen LogP) is 4.01. The smallest absolute Gasteiger partial charge is 0.243 e. The number of amides is 2. The molecular formula is C22H27ClFN3O2. The van der Waals surface area contributed by atoms with Gasteiger partial charge in [-0.3, -0.25) is 9.59 Å². The first kappa shape index (κ1) is 22.7. The average Bonchev–Trinajstić information content (AvgIpc) is 3.54. The molecule has 1 fully saturated rings. The molecule has 1 aromatic rings. The van der Waals surface area contributed by atoms with Crippen LogP contribution in [0, 0.1) is 5.82 Å². The number of hydrogen-bond donors (Lipinski definition) is 1. The van der Waals surface area contributed by atoms with E-state index in [0.29, 0.717) is 5.56 Å². The summed E-state index contributed by atoms with van der Waals surface area (Å²) in [6.07, 6.45) is 7.58. The summed E-state index contributed by atoms with van der Waals surface area (Å²) in [6.45, 7) is 9.50. The van der Waals surface area contributed by atoms with Crippen LogP contribution in [0.2, 0.25) is 5.02 Å². The van der Waals surface area contributed by atoms with Crippen molar-refractivity contribution in [2.45, 2.75) is 38.8 Å². The molecule has 0 radical (unpaired) electrons. The van der Waals surface area contributed by atoms with Gasteiger partial charge in [0.15, 0.2) is 0 Å². The molecule has 0 bridgehead atoms. The van der Waals surface area contributed by atoms with E-state index in [1.807, 2.05) is 13.0 Å². The minimum atomic E-state index is -0.549. The number of allylic oxidation sites excluding steroid dienone is 3. The van der Waals surface area contributed by atoms with Gasteiger partial charge in [0.25, 0.3) is 0 Å². The highest BCUT2D eigenvalue weighted by Gasteiger charge is 2.34. The Bertz CT molecular complexity index is 805. The Labute approximate surface area is 176 Å². The van der Waals surface area contributed by atoms with Crippen molar-refractivity contribution in [1.29, 1.82) is 0 Å². The molecule has 2 rings (SSSR count). The van der Waals surface area contributed by atoms with Crippen LogP contribution in [0.4, 0.5) is 4.39 Å². The average molecular weight is 420 g/mol. The third-order valence-corrected chi connectivity index (χ3v) is 4.99. The molecule has 29 heavy (non-hydrogen) atoms. The number of nitrogens with one attached hydrogen (secondary N) is 1. The fourth-order valence-corrected chi connectivity index (χ4v) is 3.16. The maximum atomic E-state index is 14.0. The van der Waals surface area contributed by atoms with E-state index in [1.165, 1.54) is 6.07 Å². The summed E-state index contributed by atoms with van der Waals surface area (Å²) in [4.78, 5) is 28.6. The third kappa shape index (κ3) is 6.46. The fraction of sp³-hybridized carbons (Fsp3) is 0.364. The summed E-state index contributed by atoms with van der Waals surface area (Å²) in [5.74, 6) is -1.04. The summed E-state index contributed by atoms with van der Waals surface area (Å²) in [5, 5.41) is 2.68. The van der Waals surface area contributed by atoms with Gasteiger partial charge in [-0.15, -0.1) is 0 Å². The normalized spacial score (nSPS) is 13.6. The van der Waals surface area contributed by atoms with E-state index in [4.69, 9.17) is 11.6 Å². The van der Waals surface area contributed by atoms with Crippen molar-refractivity contribution in [2.24, 2.45) is 0 Å². The maximum Gasteiger partial charge on any atom is 0.243 e. The van der Waals surface area contributed by atoms with E-state index < -0.39 is 5.82 Å². The second kappa shape index (κ2) is 10.8. The number of nitrogens with zero attached hydrogens (tertiary/aromatic N) is 2. The van der Waals surface area contributed by atoms with Crippen molar-refractivity contribution in [3.8, 4) is 0 Å². The van der Waals surface area contributed by atoms with Crippen LogP contribution in [0.15, 0.2) is 55.4 Å². The molecule has 1 aliphatic rings. The molecule has 5 nitrogen and oxygen atoms in total. The first-order chi connectivity index (χ1) is 13.9. The van der Waals surface area contributed by atoms with E-state index in [1.54, 1.807) is 34.2 Å². The lowest BCUT2D eigenvalue weighted by Gasteiger charge is -2.27. The zero-order valence-electron chi connectivity index (χ0n) is 16.7. The fourth-order valence-electron chi connectivity index (χ4n) is 2.97. The molecule has 1 aromatic carbocycles. The van der Waals surface area contributed by atoms with Crippen LogP contribution in [-0.4, -0.2) is 40.7 Å². The molecule has 0 saturated heterocycles. The number of halogens is 2. The van der Waals surface area contributed by atoms with Gasteiger partial charge in [0.2, 0.25) is 11.8 Å². The Balaban J connectivity index is 1.98. The van der Waals surface area contributed by atoms with Crippen LogP contribution < -0.4 is 5.32 Å². The van der Waals surface area contributed by atoms with Gasteiger partial charge < -0.3 is 15.1 Å². The van der Waals surface area contributed by atoms with Crippen molar-refractivity contribution < 1.29 is 14.0 Å². The van der Waals surface area contributed by atoms with Gasteiger partial charge in [-0.2, -0.15) is 0 Å². The summed E-state index contributed by atoms with van der Waals surface area (Å²) in [6, 6.07) is 4.70. The second-order valence-electron chi connectivity index (χ2n) is 6.80. The van der Waals surface area contributed by atoms with Crippen LogP contribution in [0.1, 0.15) is 31.7 Å². The molecule has 0 heterocycles. The number of hydrogen-bond acceptors (Lipinski definition) is 3. The topological polar surface area (TPSA) is 52.7 Å². The third-order valence-electron chi connectivity index (χ3n) is 4.70. The lowest BCUT2D eigenvalue weighted by molar-refractivity contribution is -0.136. The predicted molar refractivity (Wildman–Crippen MR) is 113 cm³/mol. The SMILES string of the molecule is C=C/C=C(\CC)N(C=C)CC(=O)N(CC(=O)NCc1cccc(Cl)c1F)C1CC1. The van der Waals surface area contributed by atoms with Crippen molar-refractivity contribution >= 4 is 23.4 Å². The molecule has 0 aromatic heterocycles. The molecule has 0 atom stereocenters. The Hall–Kier alpha value is -2.60. The van der Waals surface area contributed by atoms with Crippen LogP contribution in [0.3, 0.4) is 0 Å². The van der Waals surface area contributed by atoms with Crippen LogP contribution in [0.5, 0.6) is 0 Å². The molecule has 156 valence electrons. The molecule has 7 heteroatoms. The maximum absolute atomic E-state index is 14.0. The highest BCUT2D eigenvalue weighted by Crippen LogP contribution is 2.27. The first-order valence-corrected chi connectivity index (χ1v) is 9.98. The van der Waals surface area contributed by atoms with Gasteiger partial charge in [-0.25, -0.2) is 4.39 Å². The summed E-state index contributed by atoms with van der Waals surface area (Å²) >= 11 is 5.76. The monoisotopic (exact) mass is 419 g/mol. The highest BCUT2D eigenvalue weighted by atomic mass is 35.5. The van der Waals surface area contributed by atoms with Gasteiger partial charge in [0, 0.05) is 23.8 Å². The highest BCUT2D eigenvalue weighted by molar-refractivity contribution is 6.30. The lowest BCUT2D eigenvalue weighted by atomic mass is 10.2. The minimum absolute atomic E-state index is 0.00959. The largest absolute Gasteiger partial charge is 0.350 e. The molecule has 0 aliphatic heterocycles. The molecule has 0 unspecified atom stereocenters. The molecular weight excluding hydrogens is 393 g/mol. The number of benzene rings is 1. The van der Waals surface area contributed by atoms with E-state index in [0.717, 1.165) is 25.0 Å². The minimum Gasteiger partial charge on any atom is -0.350 e. The van der Waals surface area contributed by atoms with Crippen molar-refractivity contribution in [1.82, 2.24) is 15.1 Å². The van der Waals surface area contributed by atoms with Crippen LogP contribution in [-0.2, 0) is 16.1 Å².